The average Bonchev–Trinajstić information content (AvgIpc) is 2.79. The predicted octanol–water partition coefficient (Wildman–Crippen LogP) is 3.86. The highest BCUT2D eigenvalue weighted by Crippen LogP contribution is 2.37. The monoisotopic (exact) mass is 258 g/mol. The number of anilines is 1. The molecule has 0 bridgehead atoms. The highest BCUT2D eigenvalue weighted by atomic mass is 32.1. The third-order valence-electron chi connectivity index (χ3n) is 2.11. The second kappa shape index (κ2) is 4.75. The van der Waals surface area contributed by atoms with Crippen LogP contribution in [0.2, 0.25) is 0 Å². The van der Waals surface area contributed by atoms with Crippen LogP contribution in [0.4, 0.5) is 19.0 Å². The Labute approximate surface area is 100 Å². The van der Waals surface area contributed by atoms with Crippen molar-refractivity contribution >= 4 is 17.2 Å². The molecule has 2 aromatic heterocycles. The van der Waals surface area contributed by atoms with Crippen molar-refractivity contribution in [3.63, 3.8) is 0 Å². The highest BCUT2D eigenvalue weighted by Gasteiger charge is 2.41. The molecule has 0 fully saturated rings. The maximum atomic E-state index is 12.9. The van der Waals surface area contributed by atoms with Gasteiger partial charge in [-0.1, -0.05) is 12.1 Å². The number of nitrogens with zero attached hydrogens (tertiary/aromatic N) is 1. The molecule has 0 radical (unpaired) electrons. The van der Waals surface area contributed by atoms with Crippen molar-refractivity contribution in [1.29, 1.82) is 0 Å². The van der Waals surface area contributed by atoms with E-state index in [0.717, 1.165) is 11.3 Å². The zero-order valence-electron chi connectivity index (χ0n) is 8.61. The van der Waals surface area contributed by atoms with Crippen LogP contribution >= 0.6 is 11.3 Å². The molecule has 0 aromatic carbocycles. The van der Waals surface area contributed by atoms with Crippen LogP contribution < -0.4 is 5.32 Å². The van der Waals surface area contributed by atoms with Gasteiger partial charge in [-0.25, -0.2) is 4.98 Å². The summed E-state index contributed by atoms with van der Waals surface area (Å²) in [6.45, 7) is 0. The molecule has 0 aliphatic carbocycles. The van der Waals surface area contributed by atoms with Gasteiger partial charge in [0.15, 0.2) is 6.04 Å². The second-order valence-corrected chi connectivity index (χ2v) is 4.33. The molecular formula is C11H9F3N2S. The molecule has 90 valence electrons. The van der Waals surface area contributed by atoms with E-state index in [-0.39, 0.29) is 10.7 Å². The minimum atomic E-state index is -4.34. The fourth-order valence-corrected chi connectivity index (χ4v) is 2.17. The van der Waals surface area contributed by atoms with E-state index in [0.29, 0.717) is 0 Å². The van der Waals surface area contributed by atoms with Gasteiger partial charge in [-0.15, -0.1) is 11.3 Å². The van der Waals surface area contributed by atoms with E-state index in [1.165, 1.54) is 18.3 Å². The zero-order chi connectivity index (χ0) is 12.3. The minimum Gasteiger partial charge on any atom is -0.354 e. The molecule has 2 nitrogen and oxygen atoms in total. The number of nitrogens with one attached hydrogen (secondary N) is 1. The van der Waals surface area contributed by atoms with E-state index >= 15 is 0 Å². The average molecular weight is 258 g/mol. The summed E-state index contributed by atoms with van der Waals surface area (Å²) in [7, 11) is 0. The van der Waals surface area contributed by atoms with Gasteiger partial charge in [0.05, 0.1) is 0 Å². The first-order valence-electron chi connectivity index (χ1n) is 4.85. The summed E-state index contributed by atoms with van der Waals surface area (Å²) in [5, 5.41) is 4.01. The largest absolute Gasteiger partial charge is 0.413 e. The summed E-state index contributed by atoms with van der Waals surface area (Å²) < 4.78 is 38.7. The van der Waals surface area contributed by atoms with Crippen molar-refractivity contribution in [2.75, 3.05) is 5.32 Å². The summed E-state index contributed by atoms with van der Waals surface area (Å²) in [6.07, 6.45) is -2.90. The van der Waals surface area contributed by atoms with Crippen LogP contribution in [-0.2, 0) is 0 Å². The number of rotatable bonds is 3. The molecule has 2 heterocycles. The van der Waals surface area contributed by atoms with E-state index in [4.69, 9.17) is 0 Å². The van der Waals surface area contributed by atoms with Crippen LogP contribution in [0.5, 0.6) is 0 Å². The van der Waals surface area contributed by atoms with Crippen LogP contribution in [0.25, 0.3) is 0 Å². The van der Waals surface area contributed by atoms with Crippen molar-refractivity contribution in [2.24, 2.45) is 0 Å². The molecule has 6 heteroatoms. The highest BCUT2D eigenvalue weighted by molar-refractivity contribution is 7.10. The third kappa shape index (κ3) is 2.97. The van der Waals surface area contributed by atoms with Crippen molar-refractivity contribution in [1.82, 2.24) is 4.98 Å². The number of alkyl halides is 3. The van der Waals surface area contributed by atoms with Crippen molar-refractivity contribution in [2.45, 2.75) is 12.2 Å². The number of thiophene rings is 1. The summed E-state index contributed by atoms with van der Waals surface area (Å²) >= 11 is 1.07. The molecule has 1 atom stereocenters. The smallest absolute Gasteiger partial charge is 0.354 e. The molecule has 17 heavy (non-hydrogen) atoms. The van der Waals surface area contributed by atoms with Gasteiger partial charge in [0.1, 0.15) is 5.82 Å². The summed E-state index contributed by atoms with van der Waals surface area (Å²) in [5.41, 5.74) is 0. The molecule has 1 unspecified atom stereocenters. The Morgan fingerprint density at radius 2 is 2.00 bits per heavy atom. The Morgan fingerprint density at radius 3 is 2.53 bits per heavy atom. The van der Waals surface area contributed by atoms with E-state index < -0.39 is 12.2 Å². The lowest BCUT2D eigenvalue weighted by atomic mass is 10.2. The van der Waals surface area contributed by atoms with E-state index in [2.05, 4.69) is 10.3 Å². The molecule has 0 saturated carbocycles. The predicted molar refractivity (Wildman–Crippen MR) is 61.0 cm³/mol. The van der Waals surface area contributed by atoms with Gasteiger partial charge in [-0.05, 0) is 23.6 Å². The van der Waals surface area contributed by atoms with Gasteiger partial charge in [0.2, 0.25) is 0 Å². The molecule has 1 N–H and O–H groups in total. The van der Waals surface area contributed by atoms with E-state index in [9.17, 15) is 13.2 Å². The lowest BCUT2D eigenvalue weighted by Gasteiger charge is -2.20. The topological polar surface area (TPSA) is 24.9 Å². The van der Waals surface area contributed by atoms with Gasteiger partial charge in [-0.3, -0.25) is 0 Å². The van der Waals surface area contributed by atoms with Gasteiger partial charge in [0.25, 0.3) is 0 Å². The van der Waals surface area contributed by atoms with Crippen molar-refractivity contribution in [3.8, 4) is 0 Å². The lowest BCUT2D eigenvalue weighted by Crippen LogP contribution is -2.27. The Bertz CT molecular complexity index is 453. The minimum absolute atomic E-state index is 0.211. The Balaban J connectivity index is 2.24. The van der Waals surface area contributed by atoms with E-state index in [1.807, 2.05) is 0 Å². The Kier molecular flexibility index (Phi) is 3.33. The fraction of sp³-hybridized carbons (Fsp3) is 0.182. The molecule has 0 aliphatic rings. The number of hydrogen-bond acceptors (Lipinski definition) is 3. The molecule has 0 spiro atoms. The quantitative estimate of drug-likeness (QED) is 0.904. The maximum absolute atomic E-state index is 12.9. The van der Waals surface area contributed by atoms with Crippen molar-refractivity contribution < 1.29 is 13.2 Å². The summed E-state index contributed by atoms with van der Waals surface area (Å²) in [5.74, 6) is 0.211. The van der Waals surface area contributed by atoms with E-state index in [1.54, 1.807) is 23.6 Å². The van der Waals surface area contributed by atoms with Gasteiger partial charge >= 0.3 is 6.18 Å². The van der Waals surface area contributed by atoms with Crippen LogP contribution in [0.3, 0.4) is 0 Å². The molecule has 0 saturated heterocycles. The number of hydrogen-bond donors (Lipinski definition) is 1. The zero-order valence-corrected chi connectivity index (χ0v) is 9.42. The Hall–Kier alpha value is -1.56. The lowest BCUT2D eigenvalue weighted by molar-refractivity contribution is -0.143. The van der Waals surface area contributed by atoms with Crippen LogP contribution in [0.15, 0.2) is 41.9 Å². The molecule has 2 rings (SSSR count). The fourth-order valence-electron chi connectivity index (χ4n) is 1.37. The second-order valence-electron chi connectivity index (χ2n) is 3.35. The standard InChI is InChI=1S/C11H9F3N2S/c12-11(13,14)10(8-4-3-7-17-8)16-9-5-1-2-6-15-9/h1-7,10H,(H,15,16). The normalized spacial score (nSPS) is 13.4. The number of aromatic nitrogens is 1. The van der Waals surface area contributed by atoms with Crippen LogP contribution in [0, 0.1) is 0 Å². The summed E-state index contributed by atoms with van der Waals surface area (Å²) in [6, 6.07) is 6.14. The first-order valence-corrected chi connectivity index (χ1v) is 5.73. The molecule has 0 aliphatic heterocycles. The molecule has 0 amide bonds. The molecular weight excluding hydrogens is 249 g/mol. The van der Waals surface area contributed by atoms with Crippen LogP contribution in [0.1, 0.15) is 10.9 Å². The number of pyridine rings is 1. The third-order valence-corrected chi connectivity index (χ3v) is 3.05. The molecule has 2 aromatic rings. The summed E-state index contributed by atoms with van der Waals surface area (Å²) in [4.78, 5) is 4.06. The first kappa shape index (κ1) is 11.9. The first-order chi connectivity index (χ1) is 8.07. The van der Waals surface area contributed by atoms with Crippen LogP contribution in [-0.4, -0.2) is 11.2 Å². The van der Waals surface area contributed by atoms with Gasteiger partial charge in [0, 0.05) is 11.1 Å². The SMILES string of the molecule is FC(F)(F)C(Nc1ccccn1)c1cccs1. The van der Waals surface area contributed by atoms with Gasteiger partial charge < -0.3 is 5.32 Å². The maximum Gasteiger partial charge on any atom is 0.413 e. The van der Waals surface area contributed by atoms with Crippen molar-refractivity contribution in [3.05, 3.63) is 46.8 Å². The number of halogens is 3. The Morgan fingerprint density at radius 1 is 1.18 bits per heavy atom. The van der Waals surface area contributed by atoms with Gasteiger partial charge in [-0.2, -0.15) is 13.2 Å².